The molecular formula is C20H24N2O7S. The number of hydrogen-bond donors (Lipinski definition) is 0. The summed E-state index contributed by atoms with van der Waals surface area (Å²) in [6.45, 7) is 5.16. The van der Waals surface area contributed by atoms with Gasteiger partial charge in [0.15, 0.2) is 5.75 Å². The maximum atomic E-state index is 12.7. The first-order valence-corrected chi connectivity index (χ1v) is 10.9. The second kappa shape index (κ2) is 9.41. The number of hydrogen-bond acceptors (Lipinski definition) is 7. The van der Waals surface area contributed by atoms with Gasteiger partial charge in [0.25, 0.3) is 0 Å². The van der Waals surface area contributed by atoms with Crippen LogP contribution < -0.4 is 9.47 Å². The van der Waals surface area contributed by atoms with Gasteiger partial charge >= 0.3 is 5.69 Å². The summed E-state index contributed by atoms with van der Waals surface area (Å²) in [6, 6.07) is 9.50. The van der Waals surface area contributed by atoms with Crippen molar-refractivity contribution in [1.82, 2.24) is 4.31 Å². The molecule has 3 rings (SSSR count). The average molecular weight is 436 g/mol. The Balaban J connectivity index is 1.69. The maximum Gasteiger partial charge on any atom is 0.312 e. The Morgan fingerprint density at radius 1 is 1.03 bits per heavy atom. The predicted octanol–water partition coefficient (Wildman–Crippen LogP) is 2.69. The molecule has 0 bridgehead atoms. The third-order valence-corrected chi connectivity index (χ3v) is 6.57. The molecule has 1 aliphatic heterocycles. The molecule has 0 aliphatic carbocycles. The number of sulfonamides is 1. The van der Waals surface area contributed by atoms with Crippen molar-refractivity contribution in [2.45, 2.75) is 18.7 Å². The number of rotatable bonds is 8. The third-order valence-electron chi connectivity index (χ3n) is 4.68. The van der Waals surface area contributed by atoms with Gasteiger partial charge in [-0.3, -0.25) is 10.1 Å². The Kier molecular flexibility index (Phi) is 6.91. The summed E-state index contributed by atoms with van der Waals surface area (Å²) in [6.07, 6.45) is 0. The van der Waals surface area contributed by atoms with Crippen LogP contribution in [0.15, 0.2) is 41.3 Å². The molecule has 1 saturated heterocycles. The van der Waals surface area contributed by atoms with Crippen LogP contribution in [-0.2, 0) is 14.8 Å². The van der Waals surface area contributed by atoms with Gasteiger partial charge in [-0.2, -0.15) is 4.31 Å². The lowest BCUT2D eigenvalue weighted by Gasteiger charge is -2.26. The van der Waals surface area contributed by atoms with Crippen LogP contribution in [0.5, 0.6) is 11.5 Å². The molecule has 0 aromatic heterocycles. The molecule has 162 valence electrons. The standard InChI is InChI=1S/C20H24N2O7S/c1-15-3-4-16(2)20(13-15)29-12-11-28-19-6-5-17(14-18(19)22(23)24)30(25,26)21-7-9-27-10-8-21/h3-6,13-14H,7-12H2,1-2H3. The van der Waals surface area contributed by atoms with Gasteiger partial charge in [0.2, 0.25) is 10.0 Å². The Bertz CT molecular complexity index is 1020. The fourth-order valence-electron chi connectivity index (χ4n) is 3.02. The quantitative estimate of drug-likeness (QED) is 0.356. The van der Waals surface area contributed by atoms with Gasteiger partial charge in [-0.25, -0.2) is 8.42 Å². The van der Waals surface area contributed by atoms with Gasteiger partial charge in [0.05, 0.1) is 23.0 Å². The molecule has 2 aromatic rings. The van der Waals surface area contributed by atoms with Crippen molar-refractivity contribution in [3.8, 4) is 11.5 Å². The minimum atomic E-state index is -3.84. The van der Waals surface area contributed by atoms with Gasteiger partial charge in [-0.1, -0.05) is 12.1 Å². The highest BCUT2D eigenvalue weighted by atomic mass is 32.2. The molecule has 10 heteroatoms. The highest BCUT2D eigenvalue weighted by molar-refractivity contribution is 7.89. The summed E-state index contributed by atoms with van der Waals surface area (Å²) < 4.78 is 43.1. The van der Waals surface area contributed by atoms with Gasteiger partial charge in [-0.15, -0.1) is 0 Å². The van der Waals surface area contributed by atoms with Gasteiger partial charge < -0.3 is 14.2 Å². The molecule has 1 fully saturated rings. The fraction of sp³-hybridized carbons (Fsp3) is 0.400. The smallest absolute Gasteiger partial charge is 0.312 e. The van der Waals surface area contributed by atoms with Crippen molar-refractivity contribution in [2.75, 3.05) is 39.5 Å². The SMILES string of the molecule is Cc1ccc(C)c(OCCOc2ccc(S(=O)(=O)N3CCOCC3)cc2[N+](=O)[O-])c1. The summed E-state index contributed by atoms with van der Waals surface area (Å²) in [5, 5.41) is 11.5. The van der Waals surface area contributed by atoms with E-state index in [2.05, 4.69) is 0 Å². The van der Waals surface area contributed by atoms with Crippen molar-refractivity contribution in [1.29, 1.82) is 0 Å². The van der Waals surface area contributed by atoms with E-state index in [4.69, 9.17) is 14.2 Å². The Labute approximate surface area is 175 Å². The molecule has 0 saturated carbocycles. The summed E-state index contributed by atoms with van der Waals surface area (Å²) in [7, 11) is -3.84. The van der Waals surface area contributed by atoms with Crippen LogP contribution in [0.1, 0.15) is 11.1 Å². The first-order valence-electron chi connectivity index (χ1n) is 9.48. The van der Waals surface area contributed by atoms with Crippen molar-refractivity contribution in [2.24, 2.45) is 0 Å². The van der Waals surface area contributed by atoms with Crippen molar-refractivity contribution < 1.29 is 27.6 Å². The van der Waals surface area contributed by atoms with E-state index >= 15 is 0 Å². The average Bonchev–Trinajstić information content (AvgIpc) is 2.74. The highest BCUT2D eigenvalue weighted by Gasteiger charge is 2.29. The van der Waals surface area contributed by atoms with Crippen LogP contribution in [0, 0.1) is 24.0 Å². The molecular weight excluding hydrogens is 412 g/mol. The van der Waals surface area contributed by atoms with Crippen molar-refractivity contribution in [3.05, 3.63) is 57.6 Å². The number of nitrogens with zero attached hydrogens (tertiary/aromatic N) is 2. The molecule has 0 N–H and O–H groups in total. The van der Waals surface area contributed by atoms with E-state index in [0.717, 1.165) is 22.9 Å². The number of ether oxygens (including phenoxy) is 3. The number of morpholine rings is 1. The first kappa shape index (κ1) is 22.0. The van der Waals surface area contributed by atoms with Crippen LogP contribution >= 0.6 is 0 Å². The van der Waals surface area contributed by atoms with E-state index in [1.54, 1.807) is 0 Å². The molecule has 1 heterocycles. The van der Waals surface area contributed by atoms with Gasteiger partial charge in [-0.05, 0) is 43.2 Å². The lowest BCUT2D eigenvalue weighted by molar-refractivity contribution is -0.386. The van der Waals surface area contributed by atoms with E-state index in [1.165, 1.54) is 16.4 Å². The molecule has 0 atom stereocenters. The Morgan fingerprint density at radius 2 is 1.70 bits per heavy atom. The molecule has 0 radical (unpaired) electrons. The van der Waals surface area contributed by atoms with E-state index in [0.29, 0.717) is 13.2 Å². The first-order chi connectivity index (χ1) is 14.3. The zero-order chi connectivity index (χ0) is 21.7. The Morgan fingerprint density at radius 3 is 2.37 bits per heavy atom. The normalized spacial score (nSPS) is 15.0. The third kappa shape index (κ3) is 5.07. The van der Waals surface area contributed by atoms with Crippen LogP contribution in [0.3, 0.4) is 0 Å². The summed E-state index contributed by atoms with van der Waals surface area (Å²) in [5.74, 6) is 0.713. The number of nitro groups is 1. The van der Waals surface area contributed by atoms with E-state index < -0.39 is 20.6 Å². The second-order valence-corrected chi connectivity index (χ2v) is 8.81. The molecule has 9 nitrogen and oxygen atoms in total. The van der Waals surface area contributed by atoms with Crippen LogP contribution in [-0.4, -0.2) is 57.2 Å². The monoisotopic (exact) mass is 436 g/mol. The summed E-state index contributed by atoms with van der Waals surface area (Å²) in [4.78, 5) is 10.7. The Hall–Kier alpha value is -2.69. The predicted molar refractivity (Wildman–Crippen MR) is 110 cm³/mol. The van der Waals surface area contributed by atoms with E-state index in [9.17, 15) is 18.5 Å². The van der Waals surface area contributed by atoms with Crippen LogP contribution in [0.25, 0.3) is 0 Å². The number of nitro benzene ring substituents is 1. The molecule has 2 aromatic carbocycles. The summed E-state index contributed by atoms with van der Waals surface area (Å²) in [5.41, 5.74) is 1.63. The largest absolute Gasteiger partial charge is 0.490 e. The van der Waals surface area contributed by atoms with Crippen LogP contribution in [0.4, 0.5) is 5.69 Å². The molecule has 0 spiro atoms. The van der Waals surface area contributed by atoms with Crippen LogP contribution in [0.2, 0.25) is 0 Å². The number of benzene rings is 2. The fourth-order valence-corrected chi connectivity index (χ4v) is 4.45. The zero-order valence-corrected chi connectivity index (χ0v) is 17.7. The molecule has 30 heavy (non-hydrogen) atoms. The minimum absolute atomic E-state index is 0.00880. The second-order valence-electron chi connectivity index (χ2n) is 6.87. The zero-order valence-electron chi connectivity index (χ0n) is 16.9. The maximum absolute atomic E-state index is 12.7. The summed E-state index contributed by atoms with van der Waals surface area (Å²) >= 11 is 0. The van der Waals surface area contributed by atoms with Crippen molar-refractivity contribution in [3.63, 3.8) is 0 Å². The van der Waals surface area contributed by atoms with E-state index in [1.807, 2.05) is 32.0 Å². The highest BCUT2D eigenvalue weighted by Crippen LogP contribution is 2.31. The van der Waals surface area contributed by atoms with E-state index in [-0.39, 0.29) is 36.9 Å². The lowest BCUT2D eigenvalue weighted by Crippen LogP contribution is -2.40. The lowest BCUT2D eigenvalue weighted by atomic mass is 10.1. The topological polar surface area (TPSA) is 108 Å². The van der Waals surface area contributed by atoms with Gasteiger partial charge in [0.1, 0.15) is 19.0 Å². The minimum Gasteiger partial charge on any atom is -0.490 e. The van der Waals surface area contributed by atoms with Crippen molar-refractivity contribution >= 4 is 15.7 Å². The molecule has 0 amide bonds. The van der Waals surface area contributed by atoms with Gasteiger partial charge in [0, 0.05) is 19.2 Å². The molecule has 1 aliphatic rings. The molecule has 0 unspecified atom stereocenters. The number of aryl methyl sites for hydroxylation is 2.